The normalized spacial score (nSPS) is 17.9. The van der Waals surface area contributed by atoms with Crippen molar-refractivity contribution >= 4 is 17.7 Å². The summed E-state index contributed by atoms with van der Waals surface area (Å²) in [5.74, 6) is 1.74. The predicted octanol–water partition coefficient (Wildman–Crippen LogP) is 3.15. The van der Waals surface area contributed by atoms with E-state index in [-0.39, 0.29) is 5.91 Å². The molecule has 0 saturated carbocycles. The highest BCUT2D eigenvalue weighted by Crippen LogP contribution is 2.23. The highest BCUT2D eigenvalue weighted by molar-refractivity contribution is 7.99. The molecule has 2 aromatic heterocycles. The number of carbonyl (C=O) groups excluding carboxylic acids is 1. The van der Waals surface area contributed by atoms with Gasteiger partial charge in [-0.3, -0.25) is 4.79 Å². The lowest BCUT2D eigenvalue weighted by molar-refractivity contribution is -0.132. The van der Waals surface area contributed by atoms with E-state index in [4.69, 9.17) is 0 Å². The van der Waals surface area contributed by atoms with Crippen molar-refractivity contribution in [2.75, 3.05) is 12.3 Å². The first kappa shape index (κ1) is 17.0. The van der Waals surface area contributed by atoms with Gasteiger partial charge >= 0.3 is 0 Å². The zero-order valence-corrected chi connectivity index (χ0v) is 14.9. The lowest BCUT2D eigenvalue weighted by Gasteiger charge is -2.36. The van der Waals surface area contributed by atoms with Gasteiger partial charge in [0.2, 0.25) is 5.91 Å². The van der Waals surface area contributed by atoms with Crippen molar-refractivity contribution in [3.8, 4) is 0 Å². The molecule has 1 fully saturated rings. The number of hydrogen-bond acceptors (Lipinski definition) is 4. The van der Waals surface area contributed by atoms with Crippen LogP contribution < -0.4 is 0 Å². The summed E-state index contributed by atoms with van der Waals surface area (Å²) in [5, 5.41) is 0.911. The number of carbonyl (C=O) groups is 1. The van der Waals surface area contributed by atoms with Crippen LogP contribution >= 0.6 is 11.8 Å². The van der Waals surface area contributed by atoms with Crippen molar-refractivity contribution in [2.24, 2.45) is 0 Å². The number of aryl methyl sites for hydroxylation is 2. The van der Waals surface area contributed by atoms with E-state index in [0.29, 0.717) is 11.8 Å². The molecule has 0 N–H and O–H groups in total. The van der Waals surface area contributed by atoms with E-state index in [1.54, 1.807) is 6.20 Å². The lowest BCUT2D eigenvalue weighted by Crippen LogP contribution is -2.45. The number of aromatic nitrogens is 3. The Morgan fingerprint density at radius 3 is 2.96 bits per heavy atom. The second kappa shape index (κ2) is 8.33. The fourth-order valence-electron chi connectivity index (χ4n) is 3.21. The molecule has 0 unspecified atom stereocenters. The van der Waals surface area contributed by atoms with E-state index in [9.17, 15) is 4.79 Å². The Hall–Kier alpha value is -1.82. The van der Waals surface area contributed by atoms with Crippen molar-refractivity contribution < 1.29 is 4.79 Å². The van der Waals surface area contributed by atoms with Gasteiger partial charge in [-0.15, -0.1) is 0 Å². The third-order valence-corrected chi connectivity index (χ3v) is 5.48. The smallest absolute Gasteiger partial charge is 0.233 e. The first-order chi connectivity index (χ1) is 11.7. The quantitative estimate of drug-likeness (QED) is 0.756. The number of amides is 1. The maximum atomic E-state index is 12.7. The van der Waals surface area contributed by atoms with E-state index in [1.165, 1.54) is 18.2 Å². The molecule has 1 aliphatic heterocycles. The number of rotatable bonds is 6. The average Bonchev–Trinajstić information content (AvgIpc) is 3.04. The zero-order valence-electron chi connectivity index (χ0n) is 14.1. The highest BCUT2D eigenvalue weighted by Gasteiger charge is 2.26. The Morgan fingerprint density at radius 1 is 1.29 bits per heavy atom. The summed E-state index contributed by atoms with van der Waals surface area (Å²) in [6, 6.07) is 6.15. The Labute approximate surface area is 147 Å². The maximum absolute atomic E-state index is 12.7. The fraction of sp³-hybridized carbons (Fsp3) is 0.500. The summed E-state index contributed by atoms with van der Waals surface area (Å²) >= 11 is 1.52. The largest absolute Gasteiger partial charge is 0.339 e. The summed E-state index contributed by atoms with van der Waals surface area (Å²) in [5.41, 5.74) is 0. The molecule has 6 heteroatoms. The van der Waals surface area contributed by atoms with Gasteiger partial charge in [-0.1, -0.05) is 17.8 Å². The van der Waals surface area contributed by atoms with Crippen LogP contribution in [-0.2, 0) is 11.3 Å². The van der Waals surface area contributed by atoms with Gasteiger partial charge in [0.1, 0.15) is 5.82 Å². The molecular formula is C18H24N4OS. The van der Waals surface area contributed by atoms with E-state index >= 15 is 0 Å². The van der Waals surface area contributed by atoms with Gasteiger partial charge in [0.25, 0.3) is 0 Å². The standard InChI is InChI=1S/C18H24N4OS/c1-15-19-10-13-21(15)12-8-16-6-3-5-11-22(16)18(23)14-24-17-7-2-4-9-20-17/h2,4,7,9-10,13,16H,3,5-6,8,11-12,14H2,1H3/t16-/m1/s1. The molecule has 2 aromatic rings. The van der Waals surface area contributed by atoms with Crippen molar-refractivity contribution in [1.29, 1.82) is 0 Å². The number of pyridine rings is 1. The molecular weight excluding hydrogens is 320 g/mol. The molecule has 3 heterocycles. The van der Waals surface area contributed by atoms with Crippen molar-refractivity contribution in [3.63, 3.8) is 0 Å². The second-order valence-corrected chi connectivity index (χ2v) is 7.15. The van der Waals surface area contributed by atoms with Gasteiger partial charge in [0.05, 0.1) is 10.8 Å². The van der Waals surface area contributed by atoms with Crippen LogP contribution in [0, 0.1) is 6.92 Å². The fourth-order valence-corrected chi connectivity index (χ4v) is 3.96. The summed E-state index contributed by atoms with van der Waals surface area (Å²) in [4.78, 5) is 23.3. The first-order valence-electron chi connectivity index (χ1n) is 8.55. The van der Waals surface area contributed by atoms with Crippen LogP contribution in [0.15, 0.2) is 41.8 Å². The van der Waals surface area contributed by atoms with Crippen LogP contribution in [0.25, 0.3) is 0 Å². The Balaban J connectivity index is 1.55. The van der Waals surface area contributed by atoms with Gasteiger partial charge in [-0.25, -0.2) is 9.97 Å². The minimum atomic E-state index is 0.234. The molecule has 3 rings (SSSR count). The van der Waals surface area contributed by atoms with Gasteiger partial charge in [-0.05, 0) is 44.7 Å². The zero-order chi connectivity index (χ0) is 16.8. The molecule has 24 heavy (non-hydrogen) atoms. The van der Waals surface area contributed by atoms with E-state index in [1.807, 2.05) is 37.5 Å². The number of nitrogens with zero attached hydrogens (tertiary/aromatic N) is 4. The highest BCUT2D eigenvalue weighted by atomic mass is 32.2. The SMILES string of the molecule is Cc1nccn1CC[C@H]1CCCCN1C(=O)CSc1ccccn1. The topological polar surface area (TPSA) is 51.0 Å². The number of hydrogen-bond donors (Lipinski definition) is 0. The summed E-state index contributed by atoms with van der Waals surface area (Å²) in [6.07, 6.45) is 10.0. The lowest BCUT2D eigenvalue weighted by atomic mass is 9.99. The molecule has 1 atom stereocenters. The third-order valence-electron chi connectivity index (χ3n) is 4.56. The molecule has 1 amide bonds. The van der Waals surface area contributed by atoms with Gasteiger partial charge in [0.15, 0.2) is 0 Å². The molecule has 0 radical (unpaired) electrons. The van der Waals surface area contributed by atoms with E-state index < -0.39 is 0 Å². The van der Waals surface area contributed by atoms with Crippen LogP contribution in [0.1, 0.15) is 31.5 Å². The molecule has 5 nitrogen and oxygen atoms in total. The number of piperidine rings is 1. The number of imidazole rings is 1. The minimum absolute atomic E-state index is 0.234. The third kappa shape index (κ3) is 4.38. The van der Waals surface area contributed by atoms with Crippen LogP contribution in [-0.4, -0.2) is 43.7 Å². The summed E-state index contributed by atoms with van der Waals surface area (Å²) < 4.78 is 2.17. The van der Waals surface area contributed by atoms with E-state index in [0.717, 1.165) is 43.2 Å². The molecule has 1 aliphatic rings. The van der Waals surface area contributed by atoms with Crippen molar-refractivity contribution in [2.45, 2.75) is 50.2 Å². The second-order valence-electron chi connectivity index (χ2n) is 6.15. The van der Waals surface area contributed by atoms with Gasteiger partial charge in [0, 0.05) is 37.7 Å². The van der Waals surface area contributed by atoms with Crippen molar-refractivity contribution in [1.82, 2.24) is 19.4 Å². The Bertz CT molecular complexity index is 658. The van der Waals surface area contributed by atoms with Crippen LogP contribution in [0.2, 0.25) is 0 Å². The van der Waals surface area contributed by atoms with Gasteiger partial charge < -0.3 is 9.47 Å². The molecule has 128 valence electrons. The minimum Gasteiger partial charge on any atom is -0.339 e. The van der Waals surface area contributed by atoms with Crippen LogP contribution in [0.5, 0.6) is 0 Å². The van der Waals surface area contributed by atoms with Crippen molar-refractivity contribution in [3.05, 3.63) is 42.6 Å². The summed E-state index contributed by atoms with van der Waals surface area (Å²) in [6.45, 7) is 3.83. The first-order valence-corrected chi connectivity index (χ1v) is 9.53. The molecule has 0 aliphatic carbocycles. The maximum Gasteiger partial charge on any atom is 0.233 e. The average molecular weight is 344 g/mol. The Kier molecular flexibility index (Phi) is 5.91. The van der Waals surface area contributed by atoms with E-state index in [2.05, 4.69) is 19.4 Å². The molecule has 0 aromatic carbocycles. The molecule has 0 spiro atoms. The Morgan fingerprint density at radius 2 is 2.21 bits per heavy atom. The van der Waals surface area contributed by atoms with Crippen LogP contribution in [0.3, 0.4) is 0 Å². The van der Waals surface area contributed by atoms with Gasteiger partial charge in [-0.2, -0.15) is 0 Å². The predicted molar refractivity (Wildman–Crippen MR) is 95.9 cm³/mol. The number of thioether (sulfide) groups is 1. The molecule has 1 saturated heterocycles. The monoisotopic (exact) mass is 344 g/mol. The van der Waals surface area contributed by atoms with Crippen LogP contribution in [0.4, 0.5) is 0 Å². The molecule has 0 bridgehead atoms. The number of likely N-dealkylation sites (tertiary alicyclic amines) is 1. The summed E-state index contributed by atoms with van der Waals surface area (Å²) in [7, 11) is 0.